The van der Waals surface area contributed by atoms with Crippen LogP contribution in [0.4, 0.5) is 5.69 Å². The number of hydrogen-bond acceptors (Lipinski definition) is 3. The molecule has 25 heavy (non-hydrogen) atoms. The first-order chi connectivity index (χ1) is 12.0. The molecule has 1 atom stereocenters. The third-order valence-electron chi connectivity index (χ3n) is 4.54. The van der Waals surface area contributed by atoms with Gasteiger partial charge in [-0.25, -0.2) is 0 Å². The largest absolute Gasteiger partial charge is 0.490 e. The van der Waals surface area contributed by atoms with Gasteiger partial charge in [-0.3, -0.25) is 4.79 Å². The summed E-state index contributed by atoms with van der Waals surface area (Å²) >= 11 is 0. The fourth-order valence-corrected chi connectivity index (χ4v) is 3.43. The van der Waals surface area contributed by atoms with Crippen molar-refractivity contribution in [2.75, 3.05) is 11.9 Å². The number of hydrogen-bond donors (Lipinski definition) is 1. The number of benzene rings is 2. The molecular formula is C21H24N2O2. The molecule has 1 aliphatic rings. The molecule has 0 bridgehead atoms. The van der Waals surface area contributed by atoms with Crippen molar-refractivity contribution in [1.82, 2.24) is 4.90 Å². The summed E-state index contributed by atoms with van der Waals surface area (Å²) in [6.07, 6.45) is 1.72. The van der Waals surface area contributed by atoms with Gasteiger partial charge >= 0.3 is 0 Å². The van der Waals surface area contributed by atoms with Gasteiger partial charge in [-0.05, 0) is 50.6 Å². The minimum Gasteiger partial charge on any atom is -0.490 e. The van der Waals surface area contributed by atoms with Crippen LogP contribution in [0, 0.1) is 0 Å². The number of carbonyl (C=O) groups is 1. The molecular weight excluding hydrogens is 312 g/mol. The van der Waals surface area contributed by atoms with Crippen LogP contribution < -0.4 is 10.1 Å². The summed E-state index contributed by atoms with van der Waals surface area (Å²) < 4.78 is 5.56. The highest BCUT2D eigenvalue weighted by atomic mass is 16.5. The molecule has 0 saturated heterocycles. The van der Waals surface area contributed by atoms with Crippen molar-refractivity contribution in [3.05, 3.63) is 72.3 Å². The molecule has 1 N–H and O–H groups in total. The Morgan fingerprint density at radius 3 is 2.52 bits per heavy atom. The lowest BCUT2D eigenvalue weighted by atomic mass is 9.92. The average molecular weight is 336 g/mol. The van der Waals surface area contributed by atoms with Gasteiger partial charge in [0, 0.05) is 11.7 Å². The van der Waals surface area contributed by atoms with Crippen LogP contribution in [0.1, 0.15) is 36.7 Å². The van der Waals surface area contributed by atoms with E-state index in [9.17, 15) is 4.79 Å². The zero-order valence-corrected chi connectivity index (χ0v) is 15.0. The van der Waals surface area contributed by atoms with E-state index in [0.29, 0.717) is 12.2 Å². The molecule has 0 aliphatic carbocycles. The molecule has 2 aromatic rings. The van der Waals surface area contributed by atoms with Crippen molar-refractivity contribution in [2.45, 2.75) is 32.5 Å². The van der Waals surface area contributed by atoms with Gasteiger partial charge in [-0.1, -0.05) is 36.9 Å². The molecule has 3 rings (SSSR count). The normalized spacial score (nSPS) is 19.4. The first-order valence-corrected chi connectivity index (χ1v) is 8.52. The highest BCUT2D eigenvalue weighted by Gasteiger charge is 2.43. The predicted octanol–water partition coefficient (Wildman–Crippen LogP) is 4.40. The summed E-state index contributed by atoms with van der Waals surface area (Å²) in [7, 11) is 0. The van der Waals surface area contributed by atoms with Gasteiger partial charge in [0.1, 0.15) is 18.0 Å². The van der Waals surface area contributed by atoms with Gasteiger partial charge in [0.15, 0.2) is 0 Å². The van der Waals surface area contributed by atoms with E-state index in [-0.39, 0.29) is 11.9 Å². The number of fused-ring (bicyclic) bond motifs is 1. The van der Waals surface area contributed by atoms with E-state index in [0.717, 1.165) is 17.0 Å². The second-order valence-electron chi connectivity index (χ2n) is 6.64. The number of amides is 1. The SMILES string of the molecule is C=CCOc1ccc(C2(C)Nc3ccccc3C(=O)N2C(C)C)cc1. The minimum absolute atomic E-state index is 0.0406. The fraction of sp³-hybridized carbons (Fsp3) is 0.286. The smallest absolute Gasteiger partial charge is 0.258 e. The molecule has 4 heteroatoms. The van der Waals surface area contributed by atoms with Crippen molar-refractivity contribution >= 4 is 11.6 Å². The Morgan fingerprint density at radius 1 is 1.20 bits per heavy atom. The summed E-state index contributed by atoms with van der Waals surface area (Å²) in [6.45, 7) is 10.2. The molecule has 4 nitrogen and oxygen atoms in total. The molecule has 0 radical (unpaired) electrons. The van der Waals surface area contributed by atoms with Crippen LogP contribution in [0.2, 0.25) is 0 Å². The van der Waals surface area contributed by atoms with Crippen molar-refractivity contribution in [1.29, 1.82) is 0 Å². The number of ether oxygens (including phenoxy) is 1. The van der Waals surface area contributed by atoms with Crippen molar-refractivity contribution in [3.8, 4) is 5.75 Å². The van der Waals surface area contributed by atoms with E-state index in [1.807, 2.05) is 74.2 Å². The van der Waals surface area contributed by atoms with Gasteiger partial charge in [-0.15, -0.1) is 0 Å². The zero-order valence-electron chi connectivity index (χ0n) is 15.0. The maximum atomic E-state index is 13.1. The van der Waals surface area contributed by atoms with E-state index < -0.39 is 5.66 Å². The first-order valence-electron chi connectivity index (χ1n) is 8.52. The first kappa shape index (κ1) is 17.1. The minimum atomic E-state index is -0.628. The van der Waals surface area contributed by atoms with Gasteiger partial charge in [0.25, 0.3) is 5.91 Å². The second kappa shape index (κ2) is 6.63. The Kier molecular flexibility index (Phi) is 4.53. The number of rotatable bonds is 5. The van der Waals surface area contributed by atoms with Gasteiger partial charge in [0.2, 0.25) is 0 Å². The lowest BCUT2D eigenvalue weighted by Gasteiger charge is -2.48. The second-order valence-corrected chi connectivity index (χ2v) is 6.64. The molecule has 0 fully saturated rings. The highest BCUT2D eigenvalue weighted by molar-refractivity contribution is 6.02. The lowest BCUT2D eigenvalue weighted by molar-refractivity contribution is 0.0433. The van der Waals surface area contributed by atoms with Crippen molar-refractivity contribution < 1.29 is 9.53 Å². The number of carbonyl (C=O) groups excluding carboxylic acids is 1. The molecule has 130 valence electrons. The third-order valence-corrected chi connectivity index (χ3v) is 4.54. The Morgan fingerprint density at radius 2 is 1.88 bits per heavy atom. The summed E-state index contributed by atoms with van der Waals surface area (Å²) in [5, 5.41) is 3.56. The van der Waals surface area contributed by atoms with E-state index in [2.05, 4.69) is 11.9 Å². The highest BCUT2D eigenvalue weighted by Crippen LogP contribution is 2.39. The molecule has 1 heterocycles. The monoisotopic (exact) mass is 336 g/mol. The van der Waals surface area contributed by atoms with Gasteiger partial charge in [-0.2, -0.15) is 0 Å². The van der Waals surface area contributed by atoms with E-state index >= 15 is 0 Å². The van der Waals surface area contributed by atoms with Gasteiger partial charge < -0.3 is 15.0 Å². The molecule has 0 saturated carbocycles. The van der Waals surface area contributed by atoms with Crippen LogP contribution in [-0.2, 0) is 5.66 Å². The van der Waals surface area contributed by atoms with Crippen LogP contribution in [0.3, 0.4) is 0 Å². The van der Waals surface area contributed by atoms with Crippen LogP contribution in [0.15, 0.2) is 61.2 Å². The van der Waals surface area contributed by atoms with Crippen LogP contribution >= 0.6 is 0 Å². The topological polar surface area (TPSA) is 41.6 Å². The lowest BCUT2D eigenvalue weighted by Crippen LogP contribution is -2.58. The maximum absolute atomic E-state index is 13.1. The van der Waals surface area contributed by atoms with Crippen LogP contribution in [0.25, 0.3) is 0 Å². The summed E-state index contributed by atoms with van der Waals surface area (Å²) in [4.78, 5) is 15.0. The third kappa shape index (κ3) is 3.00. The number of para-hydroxylation sites is 1. The maximum Gasteiger partial charge on any atom is 0.258 e. The molecule has 1 amide bonds. The average Bonchev–Trinajstić information content (AvgIpc) is 2.60. The number of anilines is 1. The molecule has 2 aromatic carbocycles. The zero-order chi connectivity index (χ0) is 18.0. The predicted molar refractivity (Wildman–Crippen MR) is 101 cm³/mol. The van der Waals surface area contributed by atoms with Crippen LogP contribution in [0.5, 0.6) is 5.75 Å². The van der Waals surface area contributed by atoms with Crippen LogP contribution in [-0.4, -0.2) is 23.5 Å². The Bertz CT molecular complexity index is 783. The number of nitrogens with zero attached hydrogens (tertiary/aromatic N) is 1. The molecule has 1 unspecified atom stereocenters. The summed E-state index contributed by atoms with van der Waals surface area (Å²) in [5.41, 5.74) is 1.95. The van der Waals surface area contributed by atoms with Crippen molar-refractivity contribution in [2.24, 2.45) is 0 Å². The molecule has 0 aromatic heterocycles. The van der Waals surface area contributed by atoms with E-state index in [4.69, 9.17) is 4.74 Å². The Hall–Kier alpha value is -2.75. The summed E-state index contributed by atoms with van der Waals surface area (Å²) in [6, 6.07) is 15.6. The Balaban J connectivity index is 2.02. The fourth-order valence-electron chi connectivity index (χ4n) is 3.43. The van der Waals surface area contributed by atoms with E-state index in [1.165, 1.54) is 0 Å². The Labute approximate surface area is 149 Å². The molecule has 1 aliphatic heterocycles. The summed E-state index contributed by atoms with van der Waals surface area (Å²) in [5.74, 6) is 0.824. The quantitative estimate of drug-likeness (QED) is 0.823. The molecule has 0 spiro atoms. The van der Waals surface area contributed by atoms with Crippen molar-refractivity contribution in [3.63, 3.8) is 0 Å². The number of nitrogens with one attached hydrogen (secondary N) is 1. The van der Waals surface area contributed by atoms with Gasteiger partial charge in [0.05, 0.1) is 5.56 Å². The van der Waals surface area contributed by atoms with E-state index in [1.54, 1.807) is 6.08 Å². The standard InChI is InChI=1S/C21H24N2O2/c1-5-14-25-17-12-10-16(11-13-17)21(4)22-19-9-7-6-8-18(19)20(24)23(21)15(2)3/h5-13,15,22H,1,14H2,2-4H3.